The summed E-state index contributed by atoms with van der Waals surface area (Å²) in [6.07, 6.45) is 1.67. The third-order valence-corrected chi connectivity index (χ3v) is 3.15. The maximum absolute atomic E-state index is 6.14. The summed E-state index contributed by atoms with van der Waals surface area (Å²) in [5.74, 6) is 0.664. The number of para-hydroxylation sites is 1. The summed E-state index contributed by atoms with van der Waals surface area (Å²) in [7, 11) is 0. The topological polar surface area (TPSA) is 52.0 Å². The van der Waals surface area contributed by atoms with E-state index in [4.69, 9.17) is 21.8 Å². The van der Waals surface area contributed by atoms with Gasteiger partial charge in [-0.2, -0.15) is 0 Å². The molecule has 3 rings (SSSR count). The maximum Gasteiger partial charge on any atom is 0.134 e. The van der Waals surface area contributed by atoms with Gasteiger partial charge in [-0.15, -0.1) is 0 Å². The fourth-order valence-corrected chi connectivity index (χ4v) is 2.16. The van der Waals surface area contributed by atoms with E-state index in [1.165, 1.54) is 0 Å². The predicted octanol–water partition coefficient (Wildman–Crippen LogP) is 3.53. The van der Waals surface area contributed by atoms with Gasteiger partial charge in [-0.05, 0) is 24.3 Å². The van der Waals surface area contributed by atoms with Gasteiger partial charge in [0, 0.05) is 11.6 Å². The number of hydrogen-bond acceptors (Lipinski definition) is 3. The SMILES string of the molecule is NC(c1cc2ccccc2o1)c1ncccc1Cl. The van der Waals surface area contributed by atoms with Gasteiger partial charge in [-0.3, -0.25) is 4.98 Å². The highest BCUT2D eigenvalue weighted by atomic mass is 35.5. The lowest BCUT2D eigenvalue weighted by Crippen LogP contribution is -2.13. The smallest absolute Gasteiger partial charge is 0.134 e. The molecule has 0 fully saturated rings. The normalized spacial score (nSPS) is 12.8. The van der Waals surface area contributed by atoms with Gasteiger partial charge in [0.15, 0.2) is 0 Å². The number of fused-ring (bicyclic) bond motifs is 1. The lowest BCUT2D eigenvalue weighted by atomic mass is 10.1. The van der Waals surface area contributed by atoms with E-state index in [1.807, 2.05) is 30.3 Å². The Hall–Kier alpha value is -1.84. The molecule has 0 spiro atoms. The van der Waals surface area contributed by atoms with Crippen LogP contribution in [-0.4, -0.2) is 4.98 Å². The molecular weight excluding hydrogens is 248 g/mol. The Labute approximate surface area is 109 Å². The molecule has 90 valence electrons. The summed E-state index contributed by atoms with van der Waals surface area (Å²) in [6.45, 7) is 0. The molecular formula is C14H11ClN2O. The molecule has 2 N–H and O–H groups in total. The molecule has 0 aliphatic heterocycles. The van der Waals surface area contributed by atoms with Crippen LogP contribution in [0.4, 0.5) is 0 Å². The minimum atomic E-state index is -0.453. The molecule has 0 bridgehead atoms. The first-order chi connectivity index (χ1) is 8.75. The van der Waals surface area contributed by atoms with Crippen LogP contribution < -0.4 is 5.73 Å². The van der Waals surface area contributed by atoms with Gasteiger partial charge in [0.2, 0.25) is 0 Å². The number of nitrogens with two attached hydrogens (primary N) is 1. The Balaban J connectivity index is 2.07. The third-order valence-electron chi connectivity index (χ3n) is 2.83. The highest BCUT2D eigenvalue weighted by Crippen LogP contribution is 2.28. The van der Waals surface area contributed by atoms with Crippen molar-refractivity contribution in [3.63, 3.8) is 0 Å². The Morgan fingerprint density at radius 3 is 2.78 bits per heavy atom. The Kier molecular flexibility index (Phi) is 2.78. The average molecular weight is 259 g/mol. The predicted molar refractivity (Wildman–Crippen MR) is 71.5 cm³/mol. The van der Waals surface area contributed by atoms with Crippen LogP contribution in [0.2, 0.25) is 5.02 Å². The molecule has 2 aromatic heterocycles. The van der Waals surface area contributed by atoms with Crippen LogP contribution in [-0.2, 0) is 0 Å². The molecule has 1 aromatic carbocycles. The number of halogens is 1. The van der Waals surface area contributed by atoms with Crippen molar-refractivity contribution < 1.29 is 4.42 Å². The summed E-state index contributed by atoms with van der Waals surface area (Å²) in [4.78, 5) is 4.21. The summed E-state index contributed by atoms with van der Waals surface area (Å²) in [5, 5.41) is 1.57. The van der Waals surface area contributed by atoms with Crippen LogP contribution in [0.1, 0.15) is 17.5 Å². The molecule has 1 unspecified atom stereocenters. The Morgan fingerprint density at radius 2 is 2.00 bits per heavy atom. The molecule has 3 nitrogen and oxygen atoms in total. The second-order valence-electron chi connectivity index (χ2n) is 4.03. The van der Waals surface area contributed by atoms with Crippen molar-refractivity contribution in [2.24, 2.45) is 5.73 Å². The lowest BCUT2D eigenvalue weighted by Gasteiger charge is -2.09. The zero-order valence-corrected chi connectivity index (χ0v) is 10.3. The van der Waals surface area contributed by atoms with E-state index in [1.54, 1.807) is 18.3 Å². The van der Waals surface area contributed by atoms with Gasteiger partial charge in [-0.25, -0.2) is 0 Å². The minimum absolute atomic E-state index is 0.453. The van der Waals surface area contributed by atoms with Gasteiger partial charge >= 0.3 is 0 Å². The molecule has 0 radical (unpaired) electrons. The number of pyridine rings is 1. The van der Waals surface area contributed by atoms with E-state index in [0.29, 0.717) is 16.5 Å². The first-order valence-corrected chi connectivity index (χ1v) is 5.98. The van der Waals surface area contributed by atoms with Crippen LogP contribution in [0.15, 0.2) is 53.1 Å². The molecule has 3 aromatic rings. The summed E-state index contributed by atoms with van der Waals surface area (Å²) in [5.41, 5.74) is 7.58. The van der Waals surface area contributed by atoms with Crippen molar-refractivity contribution in [1.82, 2.24) is 4.98 Å². The molecule has 0 aliphatic rings. The second kappa shape index (κ2) is 4.44. The average Bonchev–Trinajstić information content (AvgIpc) is 2.82. The molecule has 0 saturated heterocycles. The van der Waals surface area contributed by atoms with Gasteiger partial charge in [0.1, 0.15) is 17.4 Å². The zero-order chi connectivity index (χ0) is 12.5. The van der Waals surface area contributed by atoms with Crippen molar-refractivity contribution >= 4 is 22.6 Å². The van der Waals surface area contributed by atoms with E-state index < -0.39 is 6.04 Å². The molecule has 0 saturated carbocycles. The summed E-state index contributed by atoms with van der Waals surface area (Å²) < 4.78 is 5.72. The standard InChI is InChI=1S/C14H11ClN2O/c15-10-5-3-7-17-14(10)13(16)12-8-9-4-1-2-6-11(9)18-12/h1-8,13H,16H2. The van der Waals surface area contributed by atoms with Crippen LogP contribution in [0.5, 0.6) is 0 Å². The van der Waals surface area contributed by atoms with Crippen molar-refractivity contribution in [2.45, 2.75) is 6.04 Å². The molecule has 2 heterocycles. The Morgan fingerprint density at radius 1 is 1.17 bits per heavy atom. The van der Waals surface area contributed by atoms with Crippen LogP contribution in [0.3, 0.4) is 0 Å². The first kappa shape index (κ1) is 11.3. The zero-order valence-electron chi connectivity index (χ0n) is 9.51. The number of hydrogen-bond donors (Lipinski definition) is 1. The number of nitrogens with zero attached hydrogens (tertiary/aromatic N) is 1. The quantitative estimate of drug-likeness (QED) is 0.765. The number of furan rings is 1. The summed E-state index contributed by atoms with van der Waals surface area (Å²) in [6, 6.07) is 12.8. The van der Waals surface area contributed by atoms with Gasteiger partial charge in [-0.1, -0.05) is 29.8 Å². The highest BCUT2D eigenvalue weighted by molar-refractivity contribution is 6.31. The fourth-order valence-electron chi connectivity index (χ4n) is 1.92. The van der Waals surface area contributed by atoms with E-state index in [-0.39, 0.29) is 0 Å². The molecule has 18 heavy (non-hydrogen) atoms. The number of rotatable bonds is 2. The van der Waals surface area contributed by atoms with Crippen molar-refractivity contribution in [3.05, 3.63) is 65.1 Å². The molecule has 0 amide bonds. The van der Waals surface area contributed by atoms with Gasteiger partial charge in [0.05, 0.1) is 10.7 Å². The van der Waals surface area contributed by atoms with E-state index >= 15 is 0 Å². The van der Waals surface area contributed by atoms with E-state index in [0.717, 1.165) is 11.0 Å². The van der Waals surface area contributed by atoms with Crippen LogP contribution in [0, 0.1) is 0 Å². The second-order valence-corrected chi connectivity index (χ2v) is 4.44. The van der Waals surface area contributed by atoms with E-state index in [9.17, 15) is 0 Å². The van der Waals surface area contributed by atoms with Gasteiger partial charge in [0.25, 0.3) is 0 Å². The number of aromatic nitrogens is 1. The summed E-state index contributed by atoms with van der Waals surface area (Å²) >= 11 is 6.08. The fraction of sp³-hybridized carbons (Fsp3) is 0.0714. The highest BCUT2D eigenvalue weighted by Gasteiger charge is 2.17. The van der Waals surface area contributed by atoms with Crippen LogP contribution in [0.25, 0.3) is 11.0 Å². The molecule has 0 aliphatic carbocycles. The lowest BCUT2D eigenvalue weighted by molar-refractivity contribution is 0.521. The van der Waals surface area contributed by atoms with Crippen molar-refractivity contribution in [2.75, 3.05) is 0 Å². The van der Waals surface area contributed by atoms with E-state index in [2.05, 4.69) is 4.98 Å². The van der Waals surface area contributed by atoms with Crippen molar-refractivity contribution in [1.29, 1.82) is 0 Å². The largest absolute Gasteiger partial charge is 0.459 e. The maximum atomic E-state index is 6.14. The molecule has 1 atom stereocenters. The van der Waals surface area contributed by atoms with Gasteiger partial charge < -0.3 is 10.2 Å². The number of benzene rings is 1. The third kappa shape index (κ3) is 1.88. The minimum Gasteiger partial charge on any atom is -0.459 e. The van der Waals surface area contributed by atoms with Crippen LogP contribution >= 0.6 is 11.6 Å². The molecule has 4 heteroatoms. The van der Waals surface area contributed by atoms with Crippen molar-refractivity contribution in [3.8, 4) is 0 Å². The first-order valence-electron chi connectivity index (χ1n) is 5.60. The Bertz CT molecular complexity index is 660. The monoisotopic (exact) mass is 258 g/mol.